The van der Waals surface area contributed by atoms with Crippen LogP contribution in [0.25, 0.3) is 0 Å². The number of nitrogens with two attached hydrogens (primary N) is 1. The molecule has 1 aromatic rings. The highest BCUT2D eigenvalue weighted by atomic mass is 15.3. The van der Waals surface area contributed by atoms with Gasteiger partial charge in [-0.15, -0.1) is 0 Å². The maximum absolute atomic E-state index is 8.66. The predicted molar refractivity (Wildman–Crippen MR) is 64.3 cm³/mol. The molecule has 0 radical (unpaired) electrons. The summed E-state index contributed by atoms with van der Waals surface area (Å²) in [6.07, 6.45) is 3.50. The molecule has 2 heterocycles. The Morgan fingerprint density at radius 3 is 2.53 bits per heavy atom. The van der Waals surface area contributed by atoms with Gasteiger partial charge in [0.05, 0.1) is 6.07 Å². The molecule has 1 aromatic heterocycles. The minimum atomic E-state index is -0.394. The summed E-state index contributed by atoms with van der Waals surface area (Å²) in [5, 5.41) is 8.66. The fourth-order valence-electron chi connectivity index (χ4n) is 1.90. The van der Waals surface area contributed by atoms with Crippen LogP contribution >= 0.6 is 0 Å². The topological polar surface area (TPSA) is 82.1 Å². The minimum Gasteiger partial charge on any atom is -0.338 e. The number of nitriles is 1. The zero-order valence-corrected chi connectivity index (χ0v) is 9.66. The van der Waals surface area contributed by atoms with Crippen LogP contribution in [0, 0.1) is 11.3 Å². The van der Waals surface area contributed by atoms with Crippen LogP contribution in [0.2, 0.25) is 0 Å². The van der Waals surface area contributed by atoms with Crippen molar-refractivity contribution in [1.29, 1.82) is 5.26 Å². The smallest absolute Gasteiger partial charge is 0.225 e. The second-order valence-corrected chi connectivity index (χ2v) is 4.07. The number of piperazine rings is 1. The molecule has 1 saturated heterocycles. The first-order valence-electron chi connectivity index (χ1n) is 5.69. The van der Waals surface area contributed by atoms with Gasteiger partial charge in [0.25, 0.3) is 0 Å². The van der Waals surface area contributed by atoms with E-state index in [1.54, 1.807) is 12.4 Å². The van der Waals surface area contributed by atoms with Crippen molar-refractivity contribution in [2.24, 2.45) is 5.73 Å². The molecule has 90 valence electrons. The summed E-state index contributed by atoms with van der Waals surface area (Å²) in [4.78, 5) is 12.8. The van der Waals surface area contributed by atoms with Gasteiger partial charge in [0.1, 0.15) is 6.04 Å². The third-order valence-electron chi connectivity index (χ3n) is 2.83. The molecule has 0 aliphatic carbocycles. The molecular weight excluding hydrogens is 216 g/mol. The second-order valence-electron chi connectivity index (χ2n) is 4.07. The summed E-state index contributed by atoms with van der Waals surface area (Å²) in [6.45, 7) is 4.19. The number of rotatable bonds is 3. The van der Waals surface area contributed by atoms with Gasteiger partial charge >= 0.3 is 0 Å². The lowest BCUT2D eigenvalue weighted by Crippen LogP contribution is -2.50. The van der Waals surface area contributed by atoms with Crippen molar-refractivity contribution in [1.82, 2.24) is 14.9 Å². The van der Waals surface area contributed by atoms with Gasteiger partial charge in [0.15, 0.2) is 0 Å². The second kappa shape index (κ2) is 5.57. The molecule has 1 aliphatic heterocycles. The monoisotopic (exact) mass is 232 g/mol. The van der Waals surface area contributed by atoms with Crippen molar-refractivity contribution >= 4 is 5.95 Å². The molecule has 6 heteroatoms. The Kier molecular flexibility index (Phi) is 3.85. The Hall–Kier alpha value is -1.71. The quantitative estimate of drug-likeness (QED) is 0.753. The molecule has 1 atom stereocenters. The highest BCUT2D eigenvalue weighted by Crippen LogP contribution is 2.09. The van der Waals surface area contributed by atoms with E-state index in [1.165, 1.54) is 0 Å². The fourth-order valence-corrected chi connectivity index (χ4v) is 1.90. The molecule has 1 fully saturated rings. The summed E-state index contributed by atoms with van der Waals surface area (Å²) in [7, 11) is 0. The number of hydrogen-bond donors (Lipinski definition) is 1. The van der Waals surface area contributed by atoms with E-state index in [9.17, 15) is 0 Å². The Labute approximate surface area is 101 Å². The van der Waals surface area contributed by atoms with Gasteiger partial charge in [-0.1, -0.05) is 0 Å². The molecule has 2 N–H and O–H groups in total. The standard InChI is InChI=1S/C11H16N6/c12-8-10(13)9-16-4-6-17(7-5-16)11-14-2-1-3-15-11/h1-3,10H,4-7,9,13H2. The molecule has 1 aliphatic rings. The van der Waals surface area contributed by atoms with Gasteiger partial charge in [-0.3, -0.25) is 4.90 Å². The molecule has 0 bridgehead atoms. The van der Waals surface area contributed by atoms with E-state index in [0.717, 1.165) is 32.1 Å². The first-order valence-corrected chi connectivity index (χ1v) is 5.69. The zero-order valence-electron chi connectivity index (χ0n) is 9.66. The van der Waals surface area contributed by atoms with E-state index >= 15 is 0 Å². The molecule has 17 heavy (non-hydrogen) atoms. The van der Waals surface area contributed by atoms with Crippen molar-refractivity contribution in [3.63, 3.8) is 0 Å². The van der Waals surface area contributed by atoms with Gasteiger partial charge < -0.3 is 10.6 Å². The van der Waals surface area contributed by atoms with E-state index in [-0.39, 0.29) is 0 Å². The summed E-state index contributed by atoms with van der Waals surface area (Å²) >= 11 is 0. The van der Waals surface area contributed by atoms with Crippen LogP contribution in [-0.2, 0) is 0 Å². The maximum Gasteiger partial charge on any atom is 0.225 e. The lowest BCUT2D eigenvalue weighted by Gasteiger charge is -2.34. The van der Waals surface area contributed by atoms with Gasteiger partial charge in [-0.25, -0.2) is 9.97 Å². The number of hydrogen-bond acceptors (Lipinski definition) is 6. The van der Waals surface area contributed by atoms with E-state index in [0.29, 0.717) is 6.54 Å². The fraction of sp³-hybridized carbons (Fsp3) is 0.545. The molecule has 0 aromatic carbocycles. The molecule has 2 rings (SSSR count). The van der Waals surface area contributed by atoms with Crippen molar-refractivity contribution < 1.29 is 0 Å². The van der Waals surface area contributed by atoms with E-state index in [2.05, 4.69) is 25.8 Å². The third kappa shape index (κ3) is 3.12. The summed E-state index contributed by atoms with van der Waals surface area (Å²) in [6, 6.07) is 3.47. The summed E-state index contributed by atoms with van der Waals surface area (Å²) in [5.74, 6) is 0.775. The van der Waals surface area contributed by atoms with Gasteiger partial charge in [0, 0.05) is 45.1 Å². The normalized spacial score (nSPS) is 18.7. The van der Waals surface area contributed by atoms with E-state index in [4.69, 9.17) is 11.0 Å². The first kappa shape index (κ1) is 11.8. The van der Waals surface area contributed by atoms with Crippen LogP contribution in [0.15, 0.2) is 18.5 Å². The highest BCUT2D eigenvalue weighted by Gasteiger charge is 2.19. The largest absolute Gasteiger partial charge is 0.338 e. The Bertz CT molecular complexity index is 379. The minimum absolute atomic E-state index is 0.394. The van der Waals surface area contributed by atoms with Crippen molar-refractivity contribution in [3.8, 4) is 6.07 Å². The lowest BCUT2D eigenvalue weighted by atomic mass is 10.2. The zero-order chi connectivity index (χ0) is 12.1. The van der Waals surface area contributed by atoms with Gasteiger partial charge in [0.2, 0.25) is 5.95 Å². The lowest BCUT2D eigenvalue weighted by molar-refractivity contribution is 0.252. The van der Waals surface area contributed by atoms with Crippen LogP contribution < -0.4 is 10.6 Å². The number of anilines is 1. The average molecular weight is 232 g/mol. The molecule has 0 saturated carbocycles. The first-order chi connectivity index (χ1) is 8.29. The van der Waals surface area contributed by atoms with Crippen LogP contribution in [0.5, 0.6) is 0 Å². The Morgan fingerprint density at radius 2 is 1.94 bits per heavy atom. The van der Waals surface area contributed by atoms with Crippen molar-refractivity contribution in [2.45, 2.75) is 6.04 Å². The van der Waals surface area contributed by atoms with Crippen LogP contribution in [0.4, 0.5) is 5.95 Å². The number of nitrogens with zero attached hydrogens (tertiary/aromatic N) is 5. The Balaban J connectivity index is 1.85. The van der Waals surface area contributed by atoms with Gasteiger partial charge in [-0.05, 0) is 6.07 Å². The Morgan fingerprint density at radius 1 is 1.29 bits per heavy atom. The van der Waals surface area contributed by atoms with Crippen LogP contribution in [0.3, 0.4) is 0 Å². The van der Waals surface area contributed by atoms with Crippen molar-refractivity contribution in [3.05, 3.63) is 18.5 Å². The number of aromatic nitrogens is 2. The van der Waals surface area contributed by atoms with E-state index in [1.807, 2.05) is 6.07 Å². The molecule has 6 nitrogen and oxygen atoms in total. The SMILES string of the molecule is N#CC(N)CN1CCN(c2ncccn2)CC1. The molecule has 0 spiro atoms. The highest BCUT2D eigenvalue weighted by molar-refractivity contribution is 5.29. The third-order valence-corrected chi connectivity index (χ3v) is 2.83. The molecule has 0 amide bonds. The van der Waals surface area contributed by atoms with Crippen LogP contribution in [0.1, 0.15) is 0 Å². The van der Waals surface area contributed by atoms with Gasteiger partial charge in [-0.2, -0.15) is 5.26 Å². The molecular formula is C11H16N6. The summed E-state index contributed by atoms with van der Waals surface area (Å²) in [5.41, 5.74) is 5.61. The van der Waals surface area contributed by atoms with Crippen LogP contribution in [-0.4, -0.2) is 53.6 Å². The van der Waals surface area contributed by atoms with Crippen molar-refractivity contribution in [2.75, 3.05) is 37.6 Å². The molecule has 1 unspecified atom stereocenters. The summed E-state index contributed by atoms with van der Waals surface area (Å²) < 4.78 is 0. The average Bonchev–Trinajstić information content (AvgIpc) is 2.40. The maximum atomic E-state index is 8.66. The predicted octanol–water partition coefficient (Wildman–Crippen LogP) is -0.551. The van der Waals surface area contributed by atoms with E-state index < -0.39 is 6.04 Å².